The lowest BCUT2D eigenvalue weighted by Crippen LogP contribution is -2.41. The highest BCUT2D eigenvalue weighted by Gasteiger charge is 2.46. The summed E-state index contributed by atoms with van der Waals surface area (Å²) < 4.78 is 21.4. The SMILES string of the molecule is COCOc1ccc([C@@]23C=CCCC2N(C)CC3)cc1OCOC. The molecule has 132 valence electrons. The van der Waals surface area contributed by atoms with Crippen molar-refractivity contribution >= 4 is 0 Å². The van der Waals surface area contributed by atoms with E-state index in [0.717, 1.165) is 19.4 Å². The van der Waals surface area contributed by atoms with E-state index in [9.17, 15) is 0 Å². The number of benzene rings is 1. The van der Waals surface area contributed by atoms with Crippen LogP contribution in [0.4, 0.5) is 0 Å². The van der Waals surface area contributed by atoms with Crippen molar-refractivity contribution in [3.05, 3.63) is 35.9 Å². The average Bonchev–Trinajstić information content (AvgIpc) is 2.97. The highest BCUT2D eigenvalue weighted by Crippen LogP contribution is 2.47. The summed E-state index contributed by atoms with van der Waals surface area (Å²) in [4.78, 5) is 2.48. The normalized spacial score (nSPS) is 26.4. The van der Waals surface area contributed by atoms with Crippen molar-refractivity contribution in [2.75, 3.05) is 41.4 Å². The van der Waals surface area contributed by atoms with E-state index in [2.05, 4.69) is 36.2 Å². The number of nitrogens with zero attached hydrogens (tertiary/aromatic N) is 1. The van der Waals surface area contributed by atoms with Crippen LogP contribution in [0.5, 0.6) is 11.5 Å². The minimum atomic E-state index is 0.0674. The fraction of sp³-hybridized carbons (Fsp3) is 0.579. The van der Waals surface area contributed by atoms with Gasteiger partial charge in [0.15, 0.2) is 25.1 Å². The Balaban J connectivity index is 1.95. The van der Waals surface area contributed by atoms with Crippen LogP contribution in [0, 0.1) is 0 Å². The zero-order valence-corrected chi connectivity index (χ0v) is 14.8. The molecule has 1 fully saturated rings. The molecule has 2 aliphatic rings. The Bertz CT molecular complexity index is 589. The zero-order chi connectivity index (χ0) is 17.0. The minimum Gasteiger partial charge on any atom is -0.464 e. The van der Waals surface area contributed by atoms with Crippen molar-refractivity contribution in [2.45, 2.75) is 30.7 Å². The molecule has 5 heteroatoms. The first-order valence-electron chi connectivity index (χ1n) is 8.47. The molecule has 1 aromatic carbocycles. The van der Waals surface area contributed by atoms with E-state index in [1.165, 1.54) is 12.0 Å². The maximum Gasteiger partial charge on any atom is 0.188 e. The van der Waals surface area contributed by atoms with Gasteiger partial charge in [0.1, 0.15) is 0 Å². The van der Waals surface area contributed by atoms with E-state index in [-0.39, 0.29) is 19.0 Å². The molecule has 0 spiro atoms. The molecular weight excluding hydrogens is 306 g/mol. The fourth-order valence-electron chi connectivity index (χ4n) is 4.00. The molecule has 2 atom stereocenters. The van der Waals surface area contributed by atoms with Crippen LogP contribution in [-0.2, 0) is 14.9 Å². The average molecular weight is 333 g/mol. The standard InChI is InChI=1S/C19H27NO4/c1-20-11-10-19(9-5-4-6-18(19)20)15-7-8-16(23-13-21-2)17(12-15)24-14-22-3/h5,7-9,12,18H,4,6,10-11,13-14H2,1-3H3/t18?,19-/m0/s1. The first kappa shape index (κ1) is 17.3. The Kier molecular flexibility index (Phi) is 5.43. The van der Waals surface area contributed by atoms with Gasteiger partial charge in [-0.05, 0) is 50.6 Å². The predicted molar refractivity (Wildman–Crippen MR) is 92.5 cm³/mol. The number of methoxy groups -OCH3 is 2. The monoisotopic (exact) mass is 333 g/mol. The molecule has 0 amide bonds. The summed E-state index contributed by atoms with van der Waals surface area (Å²) in [7, 11) is 5.45. The number of allylic oxidation sites excluding steroid dienone is 1. The molecular formula is C19H27NO4. The minimum absolute atomic E-state index is 0.0674. The molecule has 0 radical (unpaired) electrons. The number of hydrogen-bond donors (Lipinski definition) is 0. The number of fused-ring (bicyclic) bond motifs is 1. The lowest BCUT2D eigenvalue weighted by Gasteiger charge is -2.38. The Morgan fingerprint density at radius 1 is 1.12 bits per heavy atom. The summed E-state index contributed by atoms with van der Waals surface area (Å²) in [6, 6.07) is 6.79. The molecule has 1 unspecified atom stereocenters. The summed E-state index contributed by atoms with van der Waals surface area (Å²) >= 11 is 0. The second kappa shape index (κ2) is 7.55. The van der Waals surface area contributed by atoms with Crippen molar-refractivity contribution in [2.24, 2.45) is 0 Å². The first-order chi connectivity index (χ1) is 11.7. The summed E-state index contributed by atoms with van der Waals surface area (Å²) in [6.45, 7) is 1.50. The molecule has 1 saturated heterocycles. The number of ether oxygens (including phenoxy) is 4. The van der Waals surface area contributed by atoms with Crippen LogP contribution < -0.4 is 9.47 Å². The smallest absolute Gasteiger partial charge is 0.188 e. The number of likely N-dealkylation sites (tertiary alicyclic amines) is 1. The molecule has 1 heterocycles. The van der Waals surface area contributed by atoms with E-state index < -0.39 is 0 Å². The van der Waals surface area contributed by atoms with Crippen LogP contribution in [0.1, 0.15) is 24.8 Å². The van der Waals surface area contributed by atoms with Crippen molar-refractivity contribution in [1.82, 2.24) is 4.90 Å². The summed E-state index contributed by atoms with van der Waals surface area (Å²) in [6.07, 6.45) is 8.20. The molecule has 5 nitrogen and oxygen atoms in total. The van der Waals surface area contributed by atoms with Gasteiger partial charge in [-0.15, -0.1) is 0 Å². The second-order valence-electron chi connectivity index (χ2n) is 6.53. The molecule has 1 aliphatic carbocycles. The quantitative estimate of drug-likeness (QED) is 0.567. The van der Waals surface area contributed by atoms with Crippen LogP contribution >= 0.6 is 0 Å². The van der Waals surface area contributed by atoms with Gasteiger partial charge in [-0.1, -0.05) is 18.2 Å². The lowest BCUT2D eigenvalue weighted by atomic mass is 9.70. The Hall–Kier alpha value is -1.56. The van der Waals surface area contributed by atoms with Crippen molar-refractivity contribution in [1.29, 1.82) is 0 Å². The van der Waals surface area contributed by atoms with Gasteiger partial charge >= 0.3 is 0 Å². The van der Waals surface area contributed by atoms with Crippen LogP contribution in [0.15, 0.2) is 30.4 Å². The van der Waals surface area contributed by atoms with E-state index >= 15 is 0 Å². The van der Waals surface area contributed by atoms with Crippen LogP contribution in [0.25, 0.3) is 0 Å². The Labute approximate surface area is 144 Å². The van der Waals surface area contributed by atoms with E-state index in [1.54, 1.807) is 14.2 Å². The van der Waals surface area contributed by atoms with E-state index in [1.807, 2.05) is 6.07 Å². The Morgan fingerprint density at radius 3 is 2.62 bits per heavy atom. The summed E-state index contributed by atoms with van der Waals surface area (Å²) in [5.41, 5.74) is 1.35. The van der Waals surface area contributed by atoms with E-state index in [4.69, 9.17) is 18.9 Å². The summed E-state index contributed by atoms with van der Waals surface area (Å²) in [5.74, 6) is 1.38. The van der Waals surface area contributed by atoms with Crippen molar-refractivity contribution < 1.29 is 18.9 Å². The fourth-order valence-corrected chi connectivity index (χ4v) is 4.00. The molecule has 1 aromatic rings. The highest BCUT2D eigenvalue weighted by atomic mass is 16.7. The van der Waals surface area contributed by atoms with Crippen molar-refractivity contribution in [3.63, 3.8) is 0 Å². The number of hydrogen-bond acceptors (Lipinski definition) is 5. The van der Waals surface area contributed by atoms with Gasteiger partial charge in [0.2, 0.25) is 0 Å². The first-order valence-corrected chi connectivity index (χ1v) is 8.47. The van der Waals surface area contributed by atoms with Crippen LogP contribution in [0.3, 0.4) is 0 Å². The topological polar surface area (TPSA) is 40.2 Å². The van der Waals surface area contributed by atoms with Gasteiger partial charge in [-0.25, -0.2) is 0 Å². The third-order valence-corrected chi connectivity index (χ3v) is 5.17. The molecule has 0 aromatic heterocycles. The highest BCUT2D eigenvalue weighted by molar-refractivity contribution is 5.48. The molecule has 1 aliphatic heterocycles. The Morgan fingerprint density at radius 2 is 1.88 bits per heavy atom. The van der Waals surface area contributed by atoms with Gasteiger partial charge in [0.05, 0.1) is 0 Å². The maximum atomic E-state index is 5.75. The van der Waals surface area contributed by atoms with Crippen LogP contribution in [-0.4, -0.2) is 52.3 Å². The lowest BCUT2D eigenvalue weighted by molar-refractivity contribution is 0.0321. The molecule has 0 bridgehead atoms. The zero-order valence-electron chi connectivity index (χ0n) is 14.8. The van der Waals surface area contributed by atoms with E-state index in [0.29, 0.717) is 17.5 Å². The van der Waals surface area contributed by atoms with Gasteiger partial charge in [0, 0.05) is 25.7 Å². The van der Waals surface area contributed by atoms with Gasteiger partial charge in [-0.2, -0.15) is 0 Å². The number of rotatable bonds is 7. The van der Waals surface area contributed by atoms with Gasteiger partial charge in [-0.3, -0.25) is 0 Å². The molecule has 0 saturated carbocycles. The largest absolute Gasteiger partial charge is 0.464 e. The third-order valence-electron chi connectivity index (χ3n) is 5.17. The molecule has 3 rings (SSSR count). The van der Waals surface area contributed by atoms with Gasteiger partial charge in [0.25, 0.3) is 0 Å². The summed E-state index contributed by atoms with van der Waals surface area (Å²) in [5, 5.41) is 0. The molecule has 0 N–H and O–H groups in total. The number of likely N-dealkylation sites (N-methyl/N-ethyl adjacent to an activating group) is 1. The molecule has 24 heavy (non-hydrogen) atoms. The van der Waals surface area contributed by atoms with Crippen LogP contribution in [0.2, 0.25) is 0 Å². The van der Waals surface area contributed by atoms with Crippen molar-refractivity contribution in [3.8, 4) is 11.5 Å². The second-order valence-corrected chi connectivity index (χ2v) is 6.53. The predicted octanol–water partition coefficient (Wildman–Crippen LogP) is 2.94. The maximum absolute atomic E-state index is 5.75. The third kappa shape index (κ3) is 3.16. The van der Waals surface area contributed by atoms with Gasteiger partial charge < -0.3 is 23.8 Å².